The first kappa shape index (κ1) is 13.1. The van der Waals surface area contributed by atoms with Crippen LogP contribution in [0.3, 0.4) is 0 Å². The molecular weight excluding hydrogens is 262 g/mol. The Morgan fingerprint density at radius 3 is 2.58 bits per heavy atom. The van der Waals surface area contributed by atoms with Crippen molar-refractivity contribution in [1.82, 2.24) is 4.90 Å². The third kappa shape index (κ3) is 2.55. The highest BCUT2D eigenvalue weighted by Gasteiger charge is 2.33. The second-order valence-corrected chi connectivity index (χ2v) is 6.60. The number of aryl methyl sites for hydroxylation is 2. The molecule has 1 amide bonds. The maximum atomic E-state index is 12.4. The summed E-state index contributed by atoms with van der Waals surface area (Å²) in [4.78, 5) is 16.0. The molecule has 1 aliphatic carbocycles. The number of nitrogens with zero attached hydrogens (tertiary/aromatic N) is 1. The van der Waals surface area contributed by atoms with Gasteiger partial charge in [0.2, 0.25) is 0 Å². The van der Waals surface area contributed by atoms with Gasteiger partial charge in [-0.3, -0.25) is 4.79 Å². The number of rotatable bonds is 1. The van der Waals surface area contributed by atoms with E-state index in [4.69, 9.17) is 0 Å². The monoisotopic (exact) mass is 281 g/mol. The van der Waals surface area contributed by atoms with Crippen LogP contribution in [0.2, 0.25) is 0 Å². The summed E-state index contributed by atoms with van der Waals surface area (Å²) in [6.07, 6.45) is 4.24. The molecule has 2 atom stereocenters. The predicted molar refractivity (Wildman–Crippen MR) is 73.5 cm³/mol. The Bertz CT molecular complexity index is 452. The Balaban J connectivity index is 1.77. The van der Waals surface area contributed by atoms with Gasteiger partial charge in [0.15, 0.2) is 0 Å². The Labute approximate surface area is 116 Å². The smallest absolute Gasteiger partial charge is 0.264 e. The van der Waals surface area contributed by atoms with Crippen molar-refractivity contribution in [2.75, 3.05) is 13.1 Å². The van der Waals surface area contributed by atoms with Gasteiger partial charge in [0.05, 0.1) is 17.1 Å². The first-order valence-corrected chi connectivity index (χ1v) is 7.74. The van der Waals surface area contributed by atoms with Crippen LogP contribution in [0.5, 0.6) is 0 Å². The van der Waals surface area contributed by atoms with Gasteiger partial charge in [0, 0.05) is 18.0 Å². The van der Waals surface area contributed by atoms with Crippen LogP contribution in [0.25, 0.3) is 0 Å². The van der Waals surface area contributed by atoms with E-state index in [1.807, 2.05) is 6.07 Å². The van der Waals surface area contributed by atoms with E-state index in [1.54, 1.807) is 16.2 Å². The van der Waals surface area contributed by atoms with Gasteiger partial charge in [0.25, 0.3) is 5.91 Å². The molecule has 1 aromatic heterocycles. The van der Waals surface area contributed by atoms with Crippen molar-refractivity contribution >= 4 is 17.2 Å². The van der Waals surface area contributed by atoms with Crippen molar-refractivity contribution in [3.05, 3.63) is 21.4 Å². The lowest BCUT2D eigenvalue weighted by atomic mass is 10.1. The summed E-state index contributed by atoms with van der Waals surface area (Å²) in [7, 11) is 0. The third-order valence-electron chi connectivity index (χ3n) is 4.00. The molecule has 4 nitrogen and oxygen atoms in total. The average Bonchev–Trinajstić information content (AvgIpc) is 2.87. The molecule has 104 valence electrons. The van der Waals surface area contributed by atoms with Crippen LogP contribution in [-0.2, 0) is 12.8 Å². The molecule has 2 heterocycles. The van der Waals surface area contributed by atoms with Crippen LogP contribution in [0.15, 0.2) is 6.07 Å². The highest BCUT2D eigenvalue weighted by Crippen LogP contribution is 2.30. The lowest BCUT2D eigenvalue weighted by Crippen LogP contribution is -2.29. The molecule has 2 N–H and O–H groups in total. The summed E-state index contributed by atoms with van der Waals surface area (Å²) in [5, 5.41) is 19.0. The number of aliphatic hydroxyl groups excluding tert-OH is 2. The molecule has 1 aliphatic heterocycles. The second kappa shape index (κ2) is 5.23. The van der Waals surface area contributed by atoms with Gasteiger partial charge < -0.3 is 15.1 Å². The van der Waals surface area contributed by atoms with Gasteiger partial charge in [-0.25, -0.2) is 0 Å². The van der Waals surface area contributed by atoms with Gasteiger partial charge in [-0.2, -0.15) is 0 Å². The number of likely N-dealkylation sites (tertiary alicyclic amines) is 1. The number of β-amino-alcohol motifs (C(OH)–C–C–N with tert-alkyl or cyclic N) is 2. The molecule has 1 fully saturated rings. The molecule has 0 saturated carbocycles. The normalized spacial score (nSPS) is 27.2. The summed E-state index contributed by atoms with van der Waals surface area (Å²) < 4.78 is 0. The molecule has 0 bridgehead atoms. The minimum atomic E-state index is -0.804. The standard InChI is InChI=1S/C14H19NO3S/c16-10-7-15(8-11(10)17)14(18)13-6-9-4-2-1-3-5-12(9)19-13/h6,10-11,16-17H,1-5,7-8H2. The molecule has 5 heteroatoms. The van der Waals surface area contributed by atoms with Gasteiger partial charge in [-0.1, -0.05) is 6.42 Å². The molecule has 3 rings (SSSR count). The lowest BCUT2D eigenvalue weighted by molar-refractivity contribution is 0.0572. The quantitative estimate of drug-likeness (QED) is 0.760. The van der Waals surface area contributed by atoms with E-state index in [9.17, 15) is 15.0 Å². The molecular formula is C14H19NO3S. The van der Waals surface area contributed by atoms with Crippen molar-refractivity contribution < 1.29 is 15.0 Å². The fourth-order valence-electron chi connectivity index (χ4n) is 2.86. The predicted octanol–water partition coefficient (Wildman–Crippen LogP) is 1.19. The zero-order valence-corrected chi connectivity index (χ0v) is 11.7. The van der Waals surface area contributed by atoms with E-state index in [1.165, 1.54) is 29.7 Å². The zero-order chi connectivity index (χ0) is 13.4. The number of fused-ring (bicyclic) bond motifs is 1. The molecule has 19 heavy (non-hydrogen) atoms. The highest BCUT2D eigenvalue weighted by atomic mass is 32.1. The van der Waals surface area contributed by atoms with Gasteiger partial charge in [0.1, 0.15) is 0 Å². The van der Waals surface area contributed by atoms with E-state index in [-0.39, 0.29) is 19.0 Å². The minimum Gasteiger partial charge on any atom is -0.388 e. The van der Waals surface area contributed by atoms with Crippen LogP contribution in [-0.4, -0.2) is 46.3 Å². The van der Waals surface area contributed by atoms with Crippen LogP contribution < -0.4 is 0 Å². The molecule has 0 aromatic carbocycles. The highest BCUT2D eigenvalue weighted by molar-refractivity contribution is 7.14. The van der Waals surface area contributed by atoms with Gasteiger partial charge in [-0.15, -0.1) is 11.3 Å². The Hall–Kier alpha value is -0.910. The maximum absolute atomic E-state index is 12.4. The second-order valence-electron chi connectivity index (χ2n) is 5.46. The van der Waals surface area contributed by atoms with Crippen LogP contribution in [0.1, 0.15) is 39.4 Å². The summed E-state index contributed by atoms with van der Waals surface area (Å²) in [6.45, 7) is 0.477. The number of hydrogen-bond donors (Lipinski definition) is 2. The Morgan fingerprint density at radius 1 is 1.16 bits per heavy atom. The van der Waals surface area contributed by atoms with Crippen LogP contribution >= 0.6 is 11.3 Å². The Morgan fingerprint density at radius 2 is 1.84 bits per heavy atom. The largest absolute Gasteiger partial charge is 0.388 e. The summed E-state index contributed by atoms with van der Waals surface area (Å²) in [5.74, 6) is -0.0475. The molecule has 1 saturated heterocycles. The van der Waals surface area contributed by atoms with Crippen molar-refractivity contribution in [3.63, 3.8) is 0 Å². The van der Waals surface area contributed by atoms with Crippen molar-refractivity contribution in [1.29, 1.82) is 0 Å². The van der Waals surface area contributed by atoms with Gasteiger partial charge >= 0.3 is 0 Å². The summed E-state index contributed by atoms with van der Waals surface area (Å²) in [5.41, 5.74) is 1.33. The number of hydrogen-bond acceptors (Lipinski definition) is 4. The lowest BCUT2D eigenvalue weighted by Gasteiger charge is -2.13. The zero-order valence-electron chi connectivity index (χ0n) is 10.8. The number of amides is 1. The fraction of sp³-hybridized carbons (Fsp3) is 0.643. The first-order valence-electron chi connectivity index (χ1n) is 6.92. The average molecular weight is 281 g/mol. The molecule has 1 aromatic rings. The topological polar surface area (TPSA) is 60.8 Å². The van der Waals surface area contributed by atoms with Crippen molar-refractivity contribution in [3.8, 4) is 0 Å². The number of carbonyl (C=O) groups is 1. The van der Waals surface area contributed by atoms with E-state index < -0.39 is 12.2 Å². The number of aliphatic hydroxyl groups is 2. The fourth-order valence-corrected chi connectivity index (χ4v) is 4.09. The summed E-state index contributed by atoms with van der Waals surface area (Å²) in [6, 6.07) is 2.02. The minimum absolute atomic E-state index is 0.0475. The summed E-state index contributed by atoms with van der Waals surface area (Å²) >= 11 is 1.59. The molecule has 0 radical (unpaired) electrons. The number of thiophene rings is 1. The SMILES string of the molecule is O=C(c1cc2c(s1)CCCCC2)N1CC(O)C(O)C1. The van der Waals surface area contributed by atoms with Crippen LogP contribution in [0.4, 0.5) is 0 Å². The molecule has 0 spiro atoms. The van der Waals surface area contributed by atoms with Crippen molar-refractivity contribution in [2.45, 2.75) is 44.3 Å². The van der Waals surface area contributed by atoms with E-state index >= 15 is 0 Å². The molecule has 2 unspecified atom stereocenters. The van der Waals surface area contributed by atoms with Gasteiger partial charge in [-0.05, 0) is 37.3 Å². The van der Waals surface area contributed by atoms with E-state index in [0.29, 0.717) is 0 Å². The Kier molecular flexibility index (Phi) is 3.60. The maximum Gasteiger partial charge on any atom is 0.264 e. The van der Waals surface area contributed by atoms with Crippen molar-refractivity contribution in [2.24, 2.45) is 0 Å². The van der Waals surface area contributed by atoms with E-state index in [0.717, 1.165) is 17.7 Å². The molecule has 2 aliphatic rings. The first-order chi connectivity index (χ1) is 9.15. The third-order valence-corrected chi connectivity index (χ3v) is 5.23. The van der Waals surface area contributed by atoms with Crippen LogP contribution in [0, 0.1) is 0 Å². The number of carbonyl (C=O) groups excluding carboxylic acids is 1. The van der Waals surface area contributed by atoms with E-state index in [2.05, 4.69) is 0 Å².